The highest BCUT2D eigenvalue weighted by molar-refractivity contribution is 8.13. The number of aryl methyl sites for hydroxylation is 1. The van der Waals surface area contributed by atoms with Gasteiger partial charge in [0.2, 0.25) is 5.76 Å². The number of nitrogens with one attached hydrogen (secondary N) is 1. The summed E-state index contributed by atoms with van der Waals surface area (Å²) in [6, 6.07) is 4.77. The molecule has 150 valence electrons. The number of hydrogen-bond donors (Lipinski definition) is 2. The summed E-state index contributed by atoms with van der Waals surface area (Å²) in [5.74, 6) is -2.33. The van der Waals surface area contributed by atoms with Crippen molar-refractivity contribution in [2.24, 2.45) is 10.7 Å². The number of amidine groups is 1. The molecule has 1 aromatic carbocycles. The van der Waals surface area contributed by atoms with Crippen molar-refractivity contribution in [1.29, 1.82) is 0 Å². The van der Waals surface area contributed by atoms with Crippen molar-refractivity contribution in [3.8, 4) is 0 Å². The maximum Gasteiger partial charge on any atom is 0.450 e. The largest absolute Gasteiger partial charge is 0.456 e. The Balaban J connectivity index is 1.93. The van der Waals surface area contributed by atoms with E-state index < -0.39 is 34.8 Å². The quantitative estimate of drug-likeness (QED) is 0.715. The first-order valence-corrected chi connectivity index (χ1v) is 9.25. The Hall–Kier alpha value is -2.49. The molecule has 0 saturated heterocycles. The smallest absolute Gasteiger partial charge is 0.450 e. The number of nitrogens with two attached hydrogens (primary N) is 1. The topological polar surface area (TPSA) is 80.6 Å². The molecule has 1 unspecified atom stereocenters. The Morgan fingerprint density at radius 3 is 2.71 bits per heavy atom. The normalized spacial score (nSPS) is 20.0. The van der Waals surface area contributed by atoms with Crippen molar-refractivity contribution in [2.75, 3.05) is 11.1 Å². The lowest BCUT2D eigenvalue weighted by atomic mass is 9.89. The lowest BCUT2D eigenvalue weighted by molar-refractivity contribution is -0.153. The molecule has 1 aliphatic heterocycles. The van der Waals surface area contributed by atoms with E-state index in [-0.39, 0.29) is 17.0 Å². The van der Waals surface area contributed by atoms with Gasteiger partial charge in [0, 0.05) is 17.0 Å². The lowest BCUT2D eigenvalue weighted by Gasteiger charge is -2.30. The van der Waals surface area contributed by atoms with E-state index in [1.54, 1.807) is 6.92 Å². The van der Waals surface area contributed by atoms with Crippen LogP contribution in [0.3, 0.4) is 0 Å². The second kappa shape index (κ2) is 7.16. The third-order valence-electron chi connectivity index (χ3n) is 4.36. The highest BCUT2D eigenvalue weighted by Gasteiger charge is 2.40. The molecule has 0 saturated carbocycles. The van der Waals surface area contributed by atoms with Gasteiger partial charge >= 0.3 is 6.18 Å². The summed E-state index contributed by atoms with van der Waals surface area (Å²) in [5.41, 5.74) is 4.53. The summed E-state index contributed by atoms with van der Waals surface area (Å²) < 4.78 is 58.2. The molecule has 2 heterocycles. The number of carbonyl (C=O) groups is 1. The van der Waals surface area contributed by atoms with Gasteiger partial charge in [-0.15, -0.1) is 0 Å². The van der Waals surface area contributed by atoms with Gasteiger partial charge in [-0.1, -0.05) is 11.8 Å². The SMILES string of the molecule is Cc1cc(C(=O)Nc2ccc(F)c(C3(C)CCSC(N)=N3)c2)c(C(F)(F)F)o1. The number of aliphatic imine (C=N–C) groups is 1. The van der Waals surface area contributed by atoms with Crippen molar-refractivity contribution in [1.82, 2.24) is 0 Å². The third-order valence-corrected chi connectivity index (χ3v) is 5.15. The van der Waals surface area contributed by atoms with Crippen molar-refractivity contribution in [3.05, 3.63) is 52.7 Å². The summed E-state index contributed by atoms with van der Waals surface area (Å²) in [7, 11) is 0. The van der Waals surface area contributed by atoms with Crippen molar-refractivity contribution >= 4 is 28.5 Å². The number of thioether (sulfide) groups is 1. The van der Waals surface area contributed by atoms with Gasteiger partial charge in [-0.05, 0) is 44.5 Å². The predicted octanol–water partition coefficient (Wildman–Crippen LogP) is 4.67. The molecule has 5 nitrogen and oxygen atoms in total. The summed E-state index contributed by atoms with van der Waals surface area (Å²) in [4.78, 5) is 16.7. The zero-order valence-corrected chi connectivity index (χ0v) is 15.8. The summed E-state index contributed by atoms with van der Waals surface area (Å²) in [5, 5.41) is 2.69. The maximum absolute atomic E-state index is 14.4. The Bertz CT molecular complexity index is 955. The number of alkyl halides is 3. The minimum Gasteiger partial charge on any atom is -0.456 e. The molecule has 1 atom stereocenters. The van der Waals surface area contributed by atoms with Gasteiger partial charge in [0.25, 0.3) is 5.91 Å². The van der Waals surface area contributed by atoms with Crippen LogP contribution in [0.2, 0.25) is 0 Å². The standard InChI is InChI=1S/C18H17F4N3O2S/c1-9-7-11(14(27-9)18(20,21)22)15(26)24-10-3-4-13(19)12(8-10)17(2)5-6-28-16(23)25-17/h3-4,7-8H,5-6H2,1-2H3,(H2,23,25)(H,24,26). The Morgan fingerprint density at radius 1 is 1.36 bits per heavy atom. The van der Waals surface area contributed by atoms with Crippen LogP contribution in [0.25, 0.3) is 0 Å². The second-order valence-electron chi connectivity index (χ2n) is 6.57. The van der Waals surface area contributed by atoms with Crippen LogP contribution in [-0.4, -0.2) is 16.8 Å². The highest BCUT2D eigenvalue weighted by atomic mass is 32.2. The Morgan fingerprint density at radius 2 is 2.07 bits per heavy atom. The highest BCUT2D eigenvalue weighted by Crippen LogP contribution is 2.38. The van der Waals surface area contributed by atoms with Gasteiger partial charge in [-0.2, -0.15) is 13.2 Å². The molecule has 1 amide bonds. The van der Waals surface area contributed by atoms with E-state index in [1.807, 2.05) is 0 Å². The van der Waals surface area contributed by atoms with E-state index in [1.165, 1.54) is 30.8 Å². The van der Waals surface area contributed by atoms with Gasteiger partial charge in [-0.25, -0.2) is 4.39 Å². The van der Waals surface area contributed by atoms with E-state index in [0.717, 1.165) is 12.1 Å². The molecule has 0 spiro atoms. The monoisotopic (exact) mass is 415 g/mol. The van der Waals surface area contributed by atoms with E-state index in [2.05, 4.69) is 14.7 Å². The molecule has 1 aliphatic rings. The molecule has 3 N–H and O–H groups in total. The van der Waals surface area contributed by atoms with Crippen LogP contribution in [0.5, 0.6) is 0 Å². The van der Waals surface area contributed by atoms with Crippen LogP contribution in [0, 0.1) is 12.7 Å². The average molecular weight is 415 g/mol. The number of rotatable bonds is 3. The zero-order chi connectivity index (χ0) is 20.7. The molecule has 28 heavy (non-hydrogen) atoms. The fourth-order valence-corrected chi connectivity index (χ4v) is 3.96. The number of anilines is 1. The van der Waals surface area contributed by atoms with Crippen LogP contribution < -0.4 is 11.1 Å². The average Bonchev–Trinajstić information content (AvgIpc) is 2.98. The fourth-order valence-electron chi connectivity index (χ4n) is 2.99. The summed E-state index contributed by atoms with van der Waals surface area (Å²) >= 11 is 1.36. The van der Waals surface area contributed by atoms with Crippen molar-refractivity contribution in [3.63, 3.8) is 0 Å². The maximum atomic E-state index is 14.4. The summed E-state index contributed by atoms with van der Waals surface area (Å²) in [6.45, 7) is 3.02. The molecule has 0 radical (unpaired) electrons. The van der Waals surface area contributed by atoms with Gasteiger partial charge < -0.3 is 15.5 Å². The molecule has 2 aromatic rings. The number of nitrogens with zero attached hydrogens (tertiary/aromatic N) is 1. The third kappa shape index (κ3) is 4.01. The van der Waals surface area contributed by atoms with Crippen LogP contribution in [0.15, 0.2) is 33.7 Å². The molecular weight excluding hydrogens is 398 g/mol. The molecule has 10 heteroatoms. The first-order chi connectivity index (χ1) is 13.0. The first-order valence-electron chi connectivity index (χ1n) is 8.27. The summed E-state index contributed by atoms with van der Waals surface area (Å²) in [6.07, 6.45) is -4.29. The number of benzene rings is 1. The van der Waals surface area contributed by atoms with E-state index in [4.69, 9.17) is 5.73 Å². The molecule has 0 fully saturated rings. The molecule has 0 aliphatic carbocycles. The van der Waals surface area contributed by atoms with E-state index in [9.17, 15) is 22.4 Å². The molecule has 3 rings (SSSR count). The minimum atomic E-state index is -4.81. The Kier molecular flexibility index (Phi) is 5.18. The second-order valence-corrected chi connectivity index (χ2v) is 7.68. The van der Waals surface area contributed by atoms with Crippen molar-refractivity contribution in [2.45, 2.75) is 32.0 Å². The molecule has 0 bridgehead atoms. The predicted molar refractivity (Wildman–Crippen MR) is 98.8 cm³/mol. The van der Waals surface area contributed by atoms with Crippen LogP contribution >= 0.6 is 11.8 Å². The van der Waals surface area contributed by atoms with Gasteiger partial charge in [0.1, 0.15) is 11.6 Å². The lowest BCUT2D eigenvalue weighted by Crippen LogP contribution is -2.29. The van der Waals surface area contributed by atoms with E-state index >= 15 is 0 Å². The number of carbonyl (C=O) groups excluding carboxylic acids is 1. The molecule has 1 aromatic heterocycles. The van der Waals surface area contributed by atoms with Crippen LogP contribution in [0.4, 0.5) is 23.2 Å². The number of hydrogen-bond acceptors (Lipinski definition) is 5. The van der Waals surface area contributed by atoms with Crippen LogP contribution in [-0.2, 0) is 11.7 Å². The number of amides is 1. The van der Waals surface area contributed by atoms with Gasteiger partial charge in [-0.3, -0.25) is 9.79 Å². The van der Waals surface area contributed by atoms with Crippen molar-refractivity contribution < 1.29 is 26.8 Å². The van der Waals surface area contributed by atoms with Gasteiger partial charge in [0.15, 0.2) is 5.17 Å². The van der Waals surface area contributed by atoms with Crippen LogP contribution in [0.1, 0.15) is 40.8 Å². The fraction of sp³-hybridized carbons (Fsp3) is 0.333. The zero-order valence-electron chi connectivity index (χ0n) is 15.0. The molecular formula is C18H17F4N3O2S. The minimum absolute atomic E-state index is 0.0469. The number of halogens is 4. The van der Waals surface area contributed by atoms with Gasteiger partial charge in [0.05, 0.1) is 11.1 Å². The van der Waals surface area contributed by atoms with E-state index in [0.29, 0.717) is 17.3 Å². The first kappa shape index (κ1) is 20.2. The number of furan rings is 1. The Labute approximate surface area is 162 Å².